The minimum absolute atomic E-state index is 0.562. The van der Waals surface area contributed by atoms with Gasteiger partial charge in [0.05, 0.1) is 6.61 Å². The summed E-state index contributed by atoms with van der Waals surface area (Å²) >= 11 is 0. The van der Waals surface area contributed by atoms with Crippen LogP contribution in [0, 0.1) is 0 Å². The molecular weight excluding hydrogens is 288 g/mol. The third-order valence-corrected chi connectivity index (χ3v) is 3.23. The minimum atomic E-state index is -1.83. The third kappa shape index (κ3) is 4.94. The van der Waals surface area contributed by atoms with E-state index in [0.717, 1.165) is 5.56 Å². The van der Waals surface area contributed by atoms with E-state index in [1.165, 1.54) is 6.08 Å². The first-order chi connectivity index (χ1) is 10.4. The van der Waals surface area contributed by atoms with Gasteiger partial charge in [-0.15, -0.1) is 6.58 Å². The first kappa shape index (κ1) is 18.3. The van der Waals surface area contributed by atoms with E-state index in [1.807, 2.05) is 12.1 Å². The van der Waals surface area contributed by atoms with Crippen molar-refractivity contribution in [3.05, 3.63) is 53.8 Å². The van der Waals surface area contributed by atoms with Crippen LogP contribution < -0.4 is 0 Å². The molecule has 4 atom stereocenters. The highest BCUT2D eigenvalue weighted by atomic mass is 16.4. The van der Waals surface area contributed by atoms with Gasteiger partial charge in [0.15, 0.2) is 0 Å². The van der Waals surface area contributed by atoms with Crippen LogP contribution in [0.15, 0.2) is 42.7 Å². The molecule has 0 aliphatic rings. The maximum atomic E-state index is 9.80. The molecule has 0 bridgehead atoms. The first-order valence-electron chi connectivity index (χ1n) is 6.84. The molecule has 0 aromatic heterocycles. The topological polar surface area (TPSA) is 121 Å². The van der Waals surface area contributed by atoms with Crippen molar-refractivity contribution in [1.82, 2.24) is 0 Å². The normalized spacial score (nSPS) is 17.6. The Morgan fingerprint density at radius 2 is 1.64 bits per heavy atom. The maximum Gasteiger partial charge on any atom is 0.139 e. The number of hydrogen-bond donors (Lipinski definition) is 6. The van der Waals surface area contributed by atoms with Gasteiger partial charge < -0.3 is 30.6 Å². The molecule has 0 saturated carbocycles. The van der Waals surface area contributed by atoms with Gasteiger partial charge in [-0.3, -0.25) is 0 Å². The lowest BCUT2D eigenvalue weighted by atomic mass is 10.0. The van der Waals surface area contributed by atoms with Crippen molar-refractivity contribution in [3.8, 4) is 0 Å². The molecule has 1 rings (SSSR count). The first-order valence-corrected chi connectivity index (χ1v) is 6.84. The predicted molar refractivity (Wildman–Crippen MR) is 82.1 cm³/mol. The van der Waals surface area contributed by atoms with Gasteiger partial charge in [-0.1, -0.05) is 30.3 Å². The Bertz CT molecular complexity index is 496. The Morgan fingerprint density at radius 3 is 2.14 bits per heavy atom. The zero-order chi connectivity index (χ0) is 16.7. The lowest BCUT2D eigenvalue weighted by molar-refractivity contribution is -0.112. The quantitative estimate of drug-likeness (QED) is 0.291. The van der Waals surface area contributed by atoms with Crippen LogP contribution in [-0.2, 0) is 6.42 Å². The van der Waals surface area contributed by atoms with Crippen molar-refractivity contribution in [3.63, 3.8) is 0 Å². The average molecular weight is 310 g/mol. The molecule has 4 unspecified atom stereocenters. The smallest absolute Gasteiger partial charge is 0.139 e. The lowest BCUT2D eigenvalue weighted by Crippen LogP contribution is -2.46. The van der Waals surface area contributed by atoms with Gasteiger partial charge in [0, 0.05) is 0 Å². The van der Waals surface area contributed by atoms with Gasteiger partial charge in [-0.25, -0.2) is 0 Å². The summed E-state index contributed by atoms with van der Waals surface area (Å²) in [6.45, 7) is 2.85. The summed E-state index contributed by atoms with van der Waals surface area (Å²) < 4.78 is 0. The zero-order valence-corrected chi connectivity index (χ0v) is 12.1. The third-order valence-electron chi connectivity index (χ3n) is 3.23. The molecule has 22 heavy (non-hydrogen) atoms. The van der Waals surface area contributed by atoms with E-state index in [9.17, 15) is 25.5 Å². The number of aliphatic hydroxyl groups excluding tert-OH is 6. The molecule has 0 aliphatic heterocycles. The van der Waals surface area contributed by atoms with Crippen molar-refractivity contribution < 1.29 is 30.6 Å². The van der Waals surface area contributed by atoms with Crippen LogP contribution in [0.2, 0.25) is 0 Å². The highest BCUT2D eigenvalue weighted by Gasteiger charge is 2.32. The monoisotopic (exact) mass is 310 g/mol. The van der Waals surface area contributed by atoms with Crippen molar-refractivity contribution in [2.24, 2.45) is 0 Å². The molecule has 6 N–H and O–H groups in total. The van der Waals surface area contributed by atoms with Gasteiger partial charge in [0.1, 0.15) is 30.2 Å². The van der Waals surface area contributed by atoms with Gasteiger partial charge in [-0.2, -0.15) is 0 Å². The fourth-order valence-corrected chi connectivity index (χ4v) is 1.87. The van der Waals surface area contributed by atoms with E-state index in [4.69, 9.17) is 5.11 Å². The second kappa shape index (κ2) is 8.67. The van der Waals surface area contributed by atoms with Crippen LogP contribution in [0.25, 0.3) is 6.08 Å². The molecule has 122 valence electrons. The molecule has 1 aromatic carbocycles. The summed E-state index contributed by atoms with van der Waals surface area (Å²) in [5.74, 6) is -0.562. The van der Waals surface area contributed by atoms with E-state index in [1.54, 1.807) is 18.2 Å². The van der Waals surface area contributed by atoms with Crippen LogP contribution in [0.5, 0.6) is 0 Å². The molecule has 6 nitrogen and oxygen atoms in total. The maximum absolute atomic E-state index is 9.80. The van der Waals surface area contributed by atoms with Gasteiger partial charge >= 0.3 is 0 Å². The van der Waals surface area contributed by atoms with E-state index < -0.39 is 36.8 Å². The summed E-state index contributed by atoms with van der Waals surface area (Å²) in [6.07, 6.45) is -3.31. The summed E-state index contributed by atoms with van der Waals surface area (Å²) in [4.78, 5) is 0. The molecule has 0 radical (unpaired) electrons. The van der Waals surface area contributed by atoms with E-state index >= 15 is 0 Å². The molecule has 1 aromatic rings. The average Bonchev–Trinajstić information content (AvgIpc) is 2.53. The van der Waals surface area contributed by atoms with Crippen LogP contribution in [-0.4, -0.2) is 61.7 Å². The largest absolute Gasteiger partial charge is 0.509 e. The zero-order valence-electron chi connectivity index (χ0n) is 12.1. The molecule has 0 heterocycles. The van der Waals surface area contributed by atoms with E-state index in [-0.39, 0.29) is 0 Å². The Hall–Kier alpha value is -1.70. The Balaban J connectivity index is 2.80. The van der Waals surface area contributed by atoms with Gasteiger partial charge in [0.2, 0.25) is 0 Å². The van der Waals surface area contributed by atoms with Gasteiger partial charge in [0.25, 0.3) is 0 Å². The fourth-order valence-electron chi connectivity index (χ4n) is 1.87. The fraction of sp³-hybridized carbons (Fsp3) is 0.375. The summed E-state index contributed by atoms with van der Waals surface area (Å²) in [5, 5.41) is 56.6. The van der Waals surface area contributed by atoms with Crippen LogP contribution >= 0.6 is 0 Å². The van der Waals surface area contributed by atoms with Crippen LogP contribution in [0.3, 0.4) is 0 Å². The molecule has 6 heteroatoms. The number of aliphatic hydroxyl groups is 6. The number of allylic oxidation sites excluding steroid dienone is 1. The summed E-state index contributed by atoms with van der Waals surface area (Å²) in [7, 11) is 0. The Kier molecular flexibility index (Phi) is 7.23. The lowest BCUT2D eigenvalue weighted by Gasteiger charge is -2.25. The number of hydrogen-bond acceptors (Lipinski definition) is 6. The molecular formula is C16H22O6. The van der Waals surface area contributed by atoms with Crippen molar-refractivity contribution >= 4 is 6.08 Å². The standard InChI is InChI=1S/C16H22O6/c1-2-3-10-4-6-11(7-5-10)8-12(18)14(20)16(22)15(21)13(19)9-17/h2,4-8,13-22H,1,3,9H2. The van der Waals surface area contributed by atoms with E-state index in [0.29, 0.717) is 12.0 Å². The number of rotatable bonds is 8. The molecule has 0 spiro atoms. The predicted octanol–water partition coefficient (Wildman–Crippen LogP) is -0.250. The SMILES string of the molecule is C=CCc1ccc(C=C(O)C(O)C(O)C(O)C(O)CO)cc1. The van der Waals surface area contributed by atoms with Crippen molar-refractivity contribution in [1.29, 1.82) is 0 Å². The molecule has 0 amide bonds. The van der Waals surface area contributed by atoms with Crippen molar-refractivity contribution in [2.45, 2.75) is 30.8 Å². The van der Waals surface area contributed by atoms with Crippen molar-refractivity contribution in [2.75, 3.05) is 6.61 Å². The van der Waals surface area contributed by atoms with E-state index in [2.05, 4.69) is 6.58 Å². The minimum Gasteiger partial charge on any atom is -0.509 e. The van der Waals surface area contributed by atoms with Gasteiger partial charge in [-0.05, 0) is 23.6 Å². The second-order valence-corrected chi connectivity index (χ2v) is 4.98. The summed E-state index contributed by atoms with van der Waals surface area (Å²) in [5.41, 5.74) is 1.63. The highest BCUT2D eigenvalue weighted by Crippen LogP contribution is 2.15. The number of benzene rings is 1. The highest BCUT2D eigenvalue weighted by molar-refractivity contribution is 5.52. The summed E-state index contributed by atoms with van der Waals surface area (Å²) in [6, 6.07) is 7.09. The molecule has 0 fully saturated rings. The Morgan fingerprint density at radius 1 is 1.05 bits per heavy atom. The Labute approximate surface area is 128 Å². The second-order valence-electron chi connectivity index (χ2n) is 4.98. The van der Waals surface area contributed by atoms with Crippen LogP contribution in [0.4, 0.5) is 0 Å². The molecule has 0 aliphatic carbocycles. The van der Waals surface area contributed by atoms with Crippen LogP contribution in [0.1, 0.15) is 11.1 Å². The molecule has 0 saturated heterocycles.